The molecule has 0 spiro atoms. The average molecular weight is 235 g/mol. The molecule has 15 heavy (non-hydrogen) atoms. The molecule has 5 nitrogen and oxygen atoms in total. The molecule has 3 N–H and O–H groups in total. The number of rotatable bonds is 7. The second-order valence-corrected chi connectivity index (χ2v) is 5.73. The topological polar surface area (TPSA) is 75.4 Å². The van der Waals surface area contributed by atoms with Gasteiger partial charge in [0.25, 0.3) is 10.2 Å². The summed E-state index contributed by atoms with van der Waals surface area (Å²) in [7, 11) is -3.31. The summed E-state index contributed by atoms with van der Waals surface area (Å²) in [6.07, 6.45) is 2.42. The molecule has 1 aliphatic rings. The van der Waals surface area contributed by atoms with Gasteiger partial charge in [-0.15, -0.1) is 0 Å². The highest BCUT2D eigenvalue weighted by atomic mass is 32.2. The second-order valence-electron chi connectivity index (χ2n) is 4.03. The van der Waals surface area contributed by atoms with E-state index in [1.165, 1.54) is 4.31 Å². The molecule has 0 saturated heterocycles. The Morgan fingerprint density at radius 2 is 1.80 bits per heavy atom. The molecule has 0 bridgehead atoms. The smallest absolute Gasteiger partial charge is 0.279 e. The minimum atomic E-state index is -3.31. The molecule has 1 fully saturated rings. The number of nitrogens with one attached hydrogen (secondary N) is 1. The number of hydrogen-bond acceptors (Lipinski definition) is 3. The zero-order valence-corrected chi connectivity index (χ0v) is 10.3. The van der Waals surface area contributed by atoms with Crippen LogP contribution < -0.4 is 10.5 Å². The highest BCUT2D eigenvalue weighted by Gasteiger charge is 2.38. The lowest BCUT2D eigenvalue weighted by atomic mass is 10.4. The van der Waals surface area contributed by atoms with E-state index in [0.717, 1.165) is 19.3 Å². The first-order valence-corrected chi connectivity index (χ1v) is 6.98. The fourth-order valence-corrected chi connectivity index (χ4v) is 3.12. The minimum absolute atomic E-state index is 0.00452. The van der Waals surface area contributed by atoms with Crippen LogP contribution in [-0.2, 0) is 10.2 Å². The summed E-state index contributed by atoms with van der Waals surface area (Å²) in [5, 5.41) is 0. The van der Waals surface area contributed by atoms with E-state index < -0.39 is 10.2 Å². The zero-order valence-electron chi connectivity index (χ0n) is 9.44. The van der Waals surface area contributed by atoms with E-state index in [4.69, 9.17) is 5.73 Å². The lowest BCUT2D eigenvalue weighted by molar-refractivity contribution is 0.401. The van der Waals surface area contributed by atoms with Crippen LogP contribution in [0.2, 0.25) is 0 Å². The van der Waals surface area contributed by atoms with Gasteiger partial charge in [-0.25, -0.2) is 0 Å². The first-order valence-electron chi connectivity index (χ1n) is 5.54. The van der Waals surface area contributed by atoms with Crippen LogP contribution in [0.25, 0.3) is 0 Å². The van der Waals surface area contributed by atoms with Crippen molar-refractivity contribution in [1.29, 1.82) is 0 Å². The van der Waals surface area contributed by atoms with E-state index in [9.17, 15) is 8.42 Å². The summed E-state index contributed by atoms with van der Waals surface area (Å²) in [5.41, 5.74) is 5.58. The average Bonchev–Trinajstić information content (AvgIpc) is 2.80. The Kier molecular flexibility index (Phi) is 4.51. The maximum absolute atomic E-state index is 11.9. The van der Waals surface area contributed by atoms with E-state index in [0.29, 0.717) is 13.1 Å². The van der Waals surface area contributed by atoms with Gasteiger partial charge in [0.2, 0.25) is 0 Å². The fourth-order valence-electron chi connectivity index (χ4n) is 1.47. The minimum Gasteiger partial charge on any atom is -0.326 e. The molecular weight excluding hydrogens is 214 g/mol. The van der Waals surface area contributed by atoms with Crippen molar-refractivity contribution in [2.75, 3.05) is 13.1 Å². The molecule has 0 amide bonds. The Balaban J connectivity index is 2.54. The monoisotopic (exact) mass is 235 g/mol. The van der Waals surface area contributed by atoms with Gasteiger partial charge in [0.15, 0.2) is 0 Å². The van der Waals surface area contributed by atoms with Crippen molar-refractivity contribution in [3.8, 4) is 0 Å². The molecule has 0 aromatic rings. The molecule has 0 aliphatic heterocycles. The van der Waals surface area contributed by atoms with Crippen LogP contribution >= 0.6 is 0 Å². The van der Waals surface area contributed by atoms with Crippen molar-refractivity contribution >= 4 is 10.2 Å². The van der Waals surface area contributed by atoms with Gasteiger partial charge in [-0.05, 0) is 19.3 Å². The summed E-state index contributed by atoms with van der Waals surface area (Å²) in [4.78, 5) is 0. The molecule has 6 heteroatoms. The first kappa shape index (κ1) is 12.9. The standard InChI is InChI=1S/C9H21N3O2S/c1-3-5-12(6-4-2)15(13,14)11-9-7-8(9)10/h8-9,11H,3-7,10H2,1-2H3. The zero-order chi connectivity index (χ0) is 11.5. The number of hydrogen-bond donors (Lipinski definition) is 2. The maximum atomic E-state index is 11.9. The van der Waals surface area contributed by atoms with Crippen LogP contribution in [0.3, 0.4) is 0 Å². The van der Waals surface area contributed by atoms with Gasteiger partial charge in [0, 0.05) is 25.2 Å². The Morgan fingerprint density at radius 1 is 1.33 bits per heavy atom. The van der Waals surface area contributed by atoms with Crippen molar-refractivity contribution < 1.29 is 8.42 Å². The van der Waals surface area contributed by atoms with Crippen LogP contribution in [0, 0.1) is 0 Å². The van der Waals surface area contributed by atoms with E-state index in [-0.39, 0.29) is 12.1 Å². The first-order chi connectivity index (χ1) is 7.01. The van der Waals surface area contributed by atoms with Gasteiger partial charge in [-0.1, -0.05) is 13.8 Å². The van der Waals surface area contributed by atoms with Gasteiger partial charge in [0.1, 0.15) is 0 Å². The van der Waals surface area contributed by atoms with Gasteiger partial charge in [0.05, 0.1) is 0 Å². The molecule has 0 aromatic carbocycles. The van der Waals surface area contributed by atoms with Crippen molar-refractivity contribution in [2.24, 2.45) is 5.73 Å². The largest absolute Gasteiger partial charge is 0.326 e. The van der Waals surface area contributed by atoms with E-state index in [2.05, 4.69) is 4.72 Å². The summed E-state index contributed by atoms with van der Waals surface area (Å²) < 4.78 is 27.9. The predicted octanol–water partition coefficient (Wildman–Crippen LogP) is 0.0424. The normalized spacial score (nSPS) is 25.9. The Hall–Kier alpha value is -0.170. The third-order valence-electron chi connectivity index (χ3n) is 2.43. The SMILES string of the molecule is CCCN(CCC)S(=O)(=O)NC1CC1N. The third-order valence-corrected chi connectivity index (χ3v) is 4.07. The molecule has 0 radical (unpaired) electrons. The molecule has 1 rings (SSSR count). The summed E-state index contributed by atoms with van der Waals surface area (Å²) in [6, 6.07) is -0.0453. The van der Waals surface area contributed by atoms with Crippen LogP contribution in [0.15, 0.2) is 0 Å². The van der Waals surface area contributed by atoms with Crippen molar-refractivity contribution in [3.05, 3.63) is 0 Å². The van der Waals surface area contributed by atoms with Crippen LogP contribution in [-0.4, -0.2) is 37.9 Å². The molecule has 0 aromatic heterocycles. The van der Waals surface area contributed by atoms with Gasteiger partial charge >= 0.3 is 0 Å². The van der Waals surface area contributed by atoms with E-state index in [1.54, 1.807) is 0 Å². The highest BCUT2D eigenvalue weighted by Crippen LogP contribution is 2.19. The molecular formula is C9H21N3O2S. The van der Waals surface area contributed by atoms with Gasteiger partial charge in [-0.2, -0.15) is 17.4 Å². The quantitative estimate of drug-likeness (QED) is 0.654. The van der Waals surface area contributed by atoms with E-state index >= 15 is 0 Å². The van der Waals surface area contributed by atoms with Crippen molar-refractivity contribution in [1.82, 2.24) is 9.03 Å². The lowest BCUT2D eigenvalue weighted by Gasteiger charge is -2.21. The maximum Gasteiger partial charge on any atom is 0.279 e. The highest BCUT2D eigenvalue weighted by molar-refractivity contribution is 7.87. The second kappa shape index (κ2) is 5.25. The Bertz CT molecular complexity index is 286. The predicted molar refractivity (Wildman–Crippen MR) is 60.6 cm³/mol. The van der Waals surface area contributed by atoms with Crippen LogP contribution in [0.1, 0.15) is 33.1 Å². The van der Waals surface area contributed by atoms with Gasteiger partial charge < -0.3 is 5.73 Å². The van der Waals surface area contributed by atoms with Crippen LogP contribution in [0.4, 0.5) is 0 Å². The molecule has 90 valence electrons. The summed E-state index contributed by atoms with van der Waals surface area (Å²) in [6.45, 7) is 5.10. The Morgan fingerprint density at radius 3 is 2.13 bits per heavy atom. The fraction of sp³-hybridized carbons (Fsp3) is 1.00. The molecule has 2 unspecified atom stereocenters. The van der Waals surface area contributed by atoms with E-state index in [1.807, 2.05) is 13.8 Å². The number of nitrogens with two attached hydrogens (primary N) is 1. The molecule has 0 heterocycles. The lowest BCUT2D eigenvalue weighted by Crippen LogP contribution is -2.43. The van der Waals surface area contributed by atoms with Crippen molar-refractivity contribution in [3.63, 3.8) is 0 Å². The van der Waals surface area contributed by atoms with Gasteiger partial charge in [-0.3, -0.25) is 0 Å². The number of nitrogens with zero attached hydrogens (tertiary/aromatic N) is 1. The van der Waals surface area contributed by atoms with Crippen molar-refractivity contribution in [2.45, 2.75) is 45.2 Å². The summed E-state index contributed by atoms with van der Waals surface area (Å²) in [5.74, 6) is 0. The third kappa shape index (κ3) is 3.71. The van der Waals surface area contributed by atoms with Crippen LogP contribution in [0.5, 0.6) is 0 Å². The molecule has 2 atom stereocenters. The molecule has 1 aliphatic carbocycles. The molecule has 1 saturated carbocycles. The summed E-state index contributed by atoms with van der Waals surface area (Å²) >= 11 is 0. The Labute approximate surface area is 92.2 Å².